The zero-order valence-corrected chi connectivity index (χ0v) is 13.7. The molecule has 0 bridgehead atoms. The highest BCUT2D eigenvalue weighted by atomic mass is 16.4. The van der Waals surface area contributed by atoms with Crippen LogP contribution in [0.1, 0.15) is 77.9 Å². The lowest BCUT2D eigenvalue weighted by Crippen LogP contribution is -2.25. The first-order valence-electron chi connectivity index (χ1n) is 8.04. The van der Waals surface area contributed by atoms with E-state index in [1.807, 2.05) is 6.20 Å². The number of nitrogens with one attached hydrogen (secondary N) is 1. The van der Waals surface area contributed by atoms with Crippen molar-refractivity contribution in [3.63, 3.8) is 0 Å². The number of aromatic nitrogens is 1. The molecule has 0 aliphatic heterocycles. The van der Waals surface area contributed by atoms with E-state index in [2.05, 4.69) is 44.9 Å². The molecule has 1 aliphatic carbocycles. The molecule has 20 heavy (non-hydrogen) atoms. The lowest BCUT2D eigenvalue weighted by atomic mass is 9.69. The van der Waals surface area contributed by atoms with E-state index >= 15 is 0 Å². The van der Waals surface area contributed by atoms with Crippen LogP contribution in [0.2, 0.25) is 0 Å². The average Bonchev–Trinajstić information content (AvgIpc) is 2.84. The summed E-state index contributed by atoms with van der Waals surface area (Å²) in [6, 6.07) is 0.465. The maximum absolute atomic E-state index is 5.92. The van der Waals surface area contributed by atoms with Gasteiger partial charge in [-0.2, -0.15) is 0 Å². The van der Waals surface area contributed by atoms with Gasteiger partial charge in [0.05, 0.1) is 12.7 Å². The highest BCUT2D eigenvalue weighted by Gasteiger charge is 2.31. The molecule has 2 rings (SSSR count). The third-order valence-electron chi connectivity index (χ3n) is 4.59. The quantitative estimate of drug-likeness (QED) is 0.881. The molecule has 1 saturated carbocycles. The van der Waals surface area contributed by atoms with Gasteiger partial charge in [0.2, 0.25) is 5.89 Å². The van der Waals surface area contributed by atoms with Crippen molar-refractivity contribution in [1.82, 2.24) is 10.3 Å². The maximum atomic E-state index is 5.92. The van der Waals surface area contributed by atoms with Crippen molar-refractivity contribution >= 4 is 0 Å². The van der Waals surface area contributed by atoms with E-state index in [1.165, 1.54) is 25.7 Å². The molecule has 0 saturated heterocycles. The Balaban J connectivity index is 1.88. The molecule has 0 amide bonds. The second-order valence-corrected chi connectivity index (χ2v) is 7.61. The Morgan fingerprint density at radius 2 is 1.90 bits per heavy atom. The zero-order chi connectivity index (χ0) is 14.8. The fraction of sp³-hybridized carbons (Fsp3) is 0.824. The van der Waals surface area contributed by atoms with Gasteiger partial charge in [-0.15, -0.1) is 0 Å². The van der Waals surface area contributed by atoms with Gasteiger partial charge in [-0.05, 0) is 37.0 Å². The monoisotopic (exact) mass is 278 g/mol. The highest BCUT2D eigenvalue weighted by Crippen LogP contribution is 2.43. The summed E-state index contributed by atoms with van der Waals surface area (Å²) < 4.78 is 5.92. The Morgan fingerprint density at radius 1 is 1.25 bits per heavy atom. The molecule has 1 aliphatic rings. The van der Waals surface area contributed by atoms with Gasteiger partial charge in [0.25, 0.3) is 0 Å². The van der Waals surface area contributed by atoms with Gasteiger partial charge in [0, 0.05) is 12.0 Å². The molecule has 1 heterocycles. The van der Waals surface area contributed by atoms with Crippen molar-refractivity contribution in [3.8, 4) is 0 Å². The Morgan fingerprint density at radius 3 is 2.45 bits per heavy atom. The fourth-order valence-electron chi connectivity index (χ4n) is 3.13. The predicted octanol–water partition coefficient (Wildman–Crippen LogP) is 4.49. The molecule has 0 spiro atoms. The molecule has 1 N–H and O–H groups in total. The van der Waals surface area contributed by atoms with Crippen molar-refractivity contribution in [2.45, 2.75) is 78.8 Å². The van der Waals surface area contributed by atoms with Crippen molar-refractivity contribution in [2.24, 2.45) is 11.3 Å². The summed E-state index contributed by atoms with van der Waals surface area (Å²) in [7, 11) is 0. The van der Waals surface area contributed by atoms with Gasteiger partial charge in [-0.3, -0.25) is 0 Å². The molecular formula is C17H30N2O. The second-order valence-electron chi connectivity index (χ2n) is 7.61. The minimum atomic E-state index is 0.443. The van der Waals surface area contributed by atoms with Crippen LogP contribution in [0.15, 0.2) is 10.6 Å². The normalized spacial score (nSPS) is 24.3. The number of rotatable bonds is 4. The number of nitrogens with zero attached hydrogens (tertiary/aromatic N) is 1. The lowest BCUT2D eigenvalue weighted by molar-refractivity contribution is 0.162. The fourth-order valence-corrected chi connectivity index (χ4v) is 3.13. The summed E-state index contributed by atoms with van der Waals surface area (Å²) in [5, 5.41) is 3.35. The van der Waals surface area contributed by atoms with Crippen LogP contribution in [0, 0.1) is 11.3 Å². The molecule has 1 fully saturated rings. The molecule has 0 aromatic carbocycles. The Bertz CT molecular complexity index is 409. The average molecular weight is 278 g/mol. The lowest BCUT2D eigenvalue weighted by Gasteiger charge is -2.36. The summed E-state index contributed by atoms with van der Waals surface area (Å²) >= 11 is 0. The standard InChI is InChI=1S/C17H30N2O/c1-12(2)18-11-16-19-10-15(20-16)13-6-8-14(9-7-13)17(3,4)5/h10,12-14,18H,6-9,11H2,1-5H3. The third kappa shape index (κ3) is 4.08. The van der Waals surface area contributed by atoms with E-state index in [1.54, 1.807) is 0 Å². The van der Waals surface area contributed by atoms with Crippen molar-refractivity contribution in [2.75, 3.05) is 0 Å². The van der Waals surface area contributed by atoms with Crippen LogP contribution in [0.25, 0.3) is 0 Å². The first-order valence-corrected chi connectivity index (χ1v) is 8.04. The number of oxazole rings is 1. The first kappa shape index (κ1) is 15.6. The number of hydrogen-bond acceptors (Lipinski definition) is 3. The minimum absolute atomic E-state index is 0.443. The summed E-state index contributed by atoms with van der Waals surface area (Å²) in [4.78, 5) is 4.40. The van der Waals surface area contributed by atoms with Crippen molar-refractivity contribution in [1.29, 1.82) is 0 Å². The van der Waals surface area contributed by atoms with Crippen molar-refractivity contribution < 1.29 is 4.42 Å². The molecule has 0 atom stereocenters. The van der Waals surface area contributed by atoms with E-state index in [9.17, 15) is 0 Å². The third-order valence-corrected chi connectivity index (χ3v) is 4.59. The maximum Gasteiger partial charge on any atom is 0.208 e. The largest absolute Gasteiger partial charge is 0.444 e. The van der Waals surface area contributed by atoms with Gasteiger partial charge < -0.3 is 9.73 Å². The molecular weight excluding hydrogens is 248 g/mol. The van der Waals surface area contributed by atoms with Crippen LogP contribution >= 0.6 is 0 Å². The van der Waals surface area contributed by atoms with Gasteiger partial charge in [0.1, 0.15) is 5.76 Å². The Kier molecular flexibility index (Phi) is 4.90. The summed E-state index contributed by atoms with van der Waals surface area (Å²) in [5.74, 6) is 3.35. The van der Waals surface area contributed by atoms with E-state index < -0.39 is 0 Å². The Labute approximate surface area is 123 Å². The highest BCUT2D eigenvalue weighted by molar-refractivity contribution is 5.04. The first-order chi connectivity index (χ1) is 9.36. The van der Waals surface area contributed by atoms with Crippen LogP contribution < -0.4 is 5.32 Å². The minimum Gasteiger partial charge on any atom is -0.444 e. The van der Waals surface area contributed by atoms with Crippen LogP contribution in [0.4, 0.5) is 0 Å². The molecule has 114 valence electrons. The molecule has 3 nitrogen and oxygen atoms in total. The van der Waals surface area contributed by atoms with Crippen LogP contribution in [-0.2, 0) is 6.54 Å². The number of hydrogen-bond donors (Lipinski definition) is 1. The smallest absolute Gasteiger partial charge is 0.208 e. The Hall–Kier alpha value is -0.830. The SMILES string of the molecule is CC(C)NCc1ncc(C2CCC(C(C)(C)C)CC2)o1. The summed E-state index contributed by atoms with van der Waals surface area (Å²) in [6.07, 6.45) is 7.06. The topological polar surface area (TPSA) is 38.1 Å². The molecule has 3 heteroatoms. The van der Waals surface area contributed by atoms with Crippen LogP contribution in [-0.4, -0.2) is 11.0 Å². The van der Waals surface area contributed by atoms with E-state index in [-0.39, 0.29) is 0 Å². The second kappa shape index (κ2) is 6.30. The van der Waals surface area contributed by atoms with Gasteiger partial charge in [0.15, 0.2) is 0 Å². The molecule has 0 unspecified atom stereocenters. The molecule has 1 aromatic rings. The van der Waals surface area contributed by atoms with Crippen LogP contribution in [0.3, 0.4) is 0 Å². The summed E-state index contributed by atoms with van der Waals surface area (Å²) in [5.41, 5.74) is 0.443. The van der Waals surface area contributed by atoms with Gasteiger partial charge in [-0.25, -0.2) is 4.98 Å². The van der Waals surface area contributed by atoms with Gasteiger partial charge in [-0.1, -0.05) is 34.6 Å². The van der Waals surface area contributed by atoms with Crippen LogP contribution in [0.5, 0.6) is 0 Å². The predicted molar refractivity (Wildman–Crippen MR) is 82.6 cm³/mol. The van der Waals surface area contributed by atoms with Crippen molar-refractivity contribution in [3.05, 3.63) is 17.8 Å². The molecule has 0 radical (unpaired) electrons. The van der Waals surface area contributed by atoms with E-state index in [4.69, 9.17) is 4.42 Å². The van der Waals surface area contributed by atoms with Gasteiger partial charge >= 0.3 is 0 Å². The van der Waals surface area contributed by atoms with E-state index in [0.29, 0.717) is 17.4 Å². The van der Waals surface area contributed by atoms with E-state index in [0.717, 1.165) is 24.1 Å². The summed E-state index contributed by atoms with van der Waals surface area (Å²) in [6.45, 7) is 12.1. The molecule has 1 aromatic heterocycles. The zero-order valence-electron chi connectivity index (χ0n) is 13.7.